The molecule has 0 aliphatic rings. The number of pyridine rings is 2. The minimum atomic E-state index is -4.86. The molecule has 0 aliphatic heterocycles. The zero-order valence-electron chi connectivity index (χ0n) is 37.0. The molecular formula is C61H35F3N6. The van der Waals surface area contributed by atoms with Crippen molar-refractivity contribution in [2.75, 3.05) is 0 Å². The standard InChI is InChI=1S/C61H35F3N6/c1-66-50-24-12-23-49(61(62,63)64)57(50)58-55(69-51-25-10-8-19-45(51)47-35-41(27-29-53(47)69)43-21-13-31-67-59(43)39-15-4-2-5-16-39)33-38(37-65)34-56(58)70-52-26-11-9-20-46(52)48-36-42(28-30-54(48)70)44-22-14-32-68-60(44)40-17-6-3-7-18-40/h2-36H. The van der Waals surface area contributed by atoms with Crippen LogP contribution in [0.4, 0.5) is 18.9 Å². The Bertz CT molecular complexity index is 3920. The monoisotopic (exact) mass is 908 g/mol. The highest BCUT2D eigenvalue weighted by Gasteiger charge is 2.37. The summed E-state index contributed by atoms with van der Waals surface area (Å²) in [4.78, 5) is 13.3. The molecule has 0 unspecified atom stereocenters. The zero-order valence-corrected chi connectivity index (χ0v) is 37.0. The first-order valence-corrected chi connectivity index (χ1v) is 22.6. The van der Waals surface area contributed by atoms with Crippen LogP contribution >= 0.6 is 0 Å². The van der Waals surface area contributed by atoms with E-state index in [1.807, 2.05) is 167 Å². The van der Waals surface area contributed by atoms with Crippen LogP contribution in [0, 0.1) is 17.9 Å². The van der Waals surface area contributed by atoms with Gasteiger partial charge in [-0.1, -0.05) is 140 Å². The summed E-state index contributed by atoms with van der Waals surface area (Å²) in [5.74, 6) is 0. The smallest absolute Gasteiger partial charge is 0.309 e. The second-order valence-corrected chi connectivity index (χ2v) is 17.0. The van der Waals surface area contributed by atoms with Crippen LogP contribution in [0.15, 0.2) is 213 Å². The van der Waals surface area contributed by atoms with Gasteiger partial charge in [0.1, 0.15) is 0 Å². The van der Waals surface area contributed by atoms with Crippen LogP contribution in [0.1, 0.15) is 11.1 Å². The molecule has 9 heteroatoms. The molecule has 0 radical (unpaired) electrons. The molecule has 0 fully saturated rings. The number of nitrogens with zero attached hydrogens (tertiary/aromatic N) is 6. The molecule has 8 aromatic carbocycles. The van der Waals surface area contributed by atoms with Crippen molar-refractivity contribution in [2.45, 2.75) is 6.18 Å². The van der Waals surface area contributed by atoms with Gasteiger partial charge in [-0.15, -0.1) is 0 Å². The van der Waals surface area contributed by atoms with E-state index in [0.29, 0.717) is 33.4 Å². The van der Waals surface area contributed by atoms with Gasteiger partial charge in [-0.2, -0.15) is 18.4 Å². The van der Waals surface area contributed by atoms with Gasteiger partial charge in [0.05, 0.1) is 68.6 Å². The Kier molecular flexibility index (Phi) is 9.94. The number of aromatic nitrogens is 4. The van der Waals surface area contributed by atoms with E-state index < -0.39 is 11.7 Å². The van der Waals surface area contributed by atoms with Crippen molar-refractivity contribution in [1.82, 2.24) is 19.1 Å². The van der Waals surface area contributed by atoms with Crippen molar-refractivity contribution in [3.05, 3.63) is 235 Å². The van der Waals surface area contributed by atoms with Crippen LogP contribution in [-0.4, -0.2) is 19.1 Å². The highest BCUT2D eigenvalue weighted by Crippen LogP contribution is 2.50. The van der Waals surface area contributed by atoms with Gasteiger partial charge in [0.2, 0.25) is 0 Å². The molecule has 0 amide bonds. The van der Waals surface area contributed by atoms with E-state index in [1.54, 1.807) is 24.5 Å². The Morgan fingerprint density at radius 1 is 0.457 bits per heavy atom. The van der Waals surface area contributed by atoms with Crippen molar-refractivity contribution in [3.63, 3.8) is 0 Å². The molecule has 330 valence electrons. The third kappa shape index (κ3) is 6.79. The molecule has 0 N–H and O–H groups in total. The number of para-hydroxylation sites is 2. The fourth-order valence-electron chi connectivity index (χ4n) is 10.1. The third-order valence-corrected chi connectivity index (χ3v) is 13.1. The maximum absolute atomic E-state index is 15.7. The summed E-state index contributed by atoms with van der Waals surface area (Å²) in [6.45, 7) is 8.38. The first kappa shape index (κ1) is 41.8. The minimum absolute atomic E-state index is 0.147. The quantitative estimate of drug-likeness (QED) is 0.150. The number of hydrogen-bond donors (Lipinski definition) is 0. The average Bonchev–Trinajstić information content (AvgIpc) is 3.92. The van der Waals surface area contributed by atoms with Crippen molar-refractivity contribution in [2.24, 2.45) is 0 Å². The van der Waals surface area contributed by atoms with E-state index in [9.17, 15) is 5.26 Å². The molecule has 12 rings (SSSR count). The molecule has 4 heterocycles. The lowest BCUT2D eigenvalue weighted by atomic mass is 9.92. The normalized spacial score (nSPS) is 11.6. The van der Waals surface area contributed by atoms with Gasteiger partial charge in [-0.3, -0.25) is 9.97 Å². The maximum Gasteiger partial charge on any atom is 0.415 e. The Labute approximate surface area is 399 Å². The number of hydrogen-bond acceptors (Lipinski definition) is 3. The Morgan fingerprint density at radius 3 is 1.40 bits per heavy atom. The fourth-order valence-corrected chi connectivity index (χ4v) is 10.1. The highest BCUT2D eigenvalue weighted by atomic mass is 19.4. The summed E-state index contributed by atoms with van der Waals surface area (Å²) in [6, 6.07) is 64.8. The summed E-state index contributed by atoms with van der Waals surface area (Å²) in [7, 11) is 0. The molecule has 70 heavy (non-hydrogen) atoms. The van der Waals surface area contributed by atoms with Crippen LogP contribution < -0.4 is 0 Å². The Hall–Kier alpha value is -9.57. The lowest BCUT2D eigenvalue weighted by Gasteiger charge is -2.24. The van der Waals surface area contributed by atoms with Crippen LogP contribution in [0.25, 0.3) is 116 Å². The molecule has 4 aromatic heterocycles. The highest BCUT2D eigenvalue weighted by molar-refractivity contribution is 6.14. The van der Waals surface area contributed by atoms with E-state index in [-0.39, 0.29) is 22.4 Å². The van der Waals surface area contributed by atoms with Gasteiger partial charge < -0.3 is 9.13 Å². The molecule has 0 bridgehead atoms. The number of fused-ring (bicyclic) bond motifs is 6. The maximum atomic E-state index is 15.7. The van der Waals surface area contributed by atoms with E-state index in [2.05, 4.69) is 23.0 Å². The molecule has 0 saturated carbocycles. The van der Waals surface area contributed by atoms with Crippen molar-refractivity contribution >= 4 is 49.3 Å². The van der Waals surface area contributed by atoms with Gasteiger partial charge in [0.25, 0.3) is 0 Å². The molecule has 0 spiro atoms. The second kappa shape index (κ2) is 16.6. The van der Waals surface area contributed by atoms with Gasteiger partial charge in [0, 0.05) is 67.3 Å². The Balaban J connectivity index is 1.18. The molecule has 0 aliphatic carbocycles. The molecular weight excluding hydrogens is 874 g/mol. The van der Waals surface area contributed by atoms with Crippen molar-refractivity contribution < 1.29 is 13.2 Å². The molecule has 6 nitrogen and oxygen atoms in total. The molecule has 12 aromatic rings. The SMILES string of the molecule is [C-]#[N+]c1cccc(C(F)(F)F)c1-c1c(-n2c3ccccc3c3cc(-c4cccnc4-c4ccccc4)ccc32)cc(C#N)cc1-n1c2ccccc2c2cc(-c3cccnc3-c3ccccc3)ccc21. The molecule has 0 saturated heterocycles. The predicted molar refractivity (Wildman–Crippen MR) is 274 cm³/mol. The van der Waals surface area contributed by atoms with Crippen LogP contribution in [0.3, 0.4) is 0 Å². The Morgan fingerprint density at radius 2 is 0.929 bits per heavy atom. The van der Waals surface area contributed by atoms with Crippen LogP contribution in [-0.2, 0) is 6.18 Å². The summed E-state index contributed by atoms with van der Waals surface area (Å²) in [5.41, 5.74) is 9.55. The van der Waals surface area contributed by atoms with Gasteiger partial charge in [-0.25, -0.2) is 4.85 Å². The van der Waals surface area contributed by atoms with E-state index >= 15 is 13.2 Å². The summed E-state index contributed by atoms with van der Waals surface area (Å²) >= 11 is 0. The number of rotatable bonds is 7. The second-order valence-electron chi connectivity index (χ2n) is 17.0. The van der Waals surface area contributed by atoms with Crippen molar-refractivity contribution in [1.29, 1.82) is 5.26 Å². The topological polar surface area (TPSA) is 63.8 Å². The number of benzene rings is 8. The largest absolute Gasteiger partial charge is 0.415 e. The van der Waals surface area contributed by atoms with Crippen molar-refractivity contribution in [3.8, 4) is 73.3 Å². The van der Waals surface area contributed by atoms with Crippen LogP contribution in [0.2, 0.25) is 0 Å². The summed E-state index contributed by atoms with van der Waals surface area (Å²) in [6.07, 6.45) is -1.32. The predicted octanol–water partition coefficient (Wildman–Crippen LogP) is 16.4. The first-order chi connectivity index (χ1) is 34.3. The fraction of sp³-hybridized carbons (Fsp3) is 0.0164. The first-order valence-electron chi connectivity index (χ1n) is 22.6. The zero-order chi connectivity index (χ0) is 47.5. The summed E-state index contributed by atoms with van der Waals surface area (Å²) in [5, 5.41) is 14.3. The number of halogens is 3. The average molecular weight is 909 g/mol. The van der Waals surface area contributed by atoms with E-state index in [4.69, 9.17) is 16.5 Å². The van der Waals surface area contributed by atoms with E-state index in [0.717, 1.165) is 72.4 Å². The lowest BCUT2D eigenvalue weighted by Crippen LogP contribution is -2.11. The van der Waals surface area contributed by atoms with E-state index in [1.165, 1.54) is 12.1 Å². The third-order valence-electron chi connectivity index (χ3n) is 13.1. The molecule has 0 atom stereocenters. The van der Waals surface area contributed by atoms with Crippen LogP contribution in [0.5, 0.6) is 0 Å². The van der Waals surface area contributed by atoms with Gasteiger partial charge in [-0.05, 0) is 71.8 Å². The van der Waals surface area contributed by atoms with Gasteiger partial charge in [0.15, 0.2) is 5.69 Å². The minimum Gasteiger partial charge on any atom is -0.309 e. The van der Waals surface area contributed by atoms with Gasteiger partial charge >= 0.3 is 6.18 Å². The summed E-state index contributed by atoms with van der Waals surface area (Å²) < 4.78 is 51.0. The number of alkyl halides is 3. The lowest BCUT2D eigenvalue weighted by molar-refractivity contribution is -0.137. The number of nitriles is 1.